The molecule has 61 heavy (non-hydrogen) atoms. The lowest BCUT2D eigenvalue weighted by atomic mass is 9.70. The molecular formula is C44H66O17. The molecule has 344 valence electrons. The maximum Gasteiger partial charge on any atom is 0.330 e. The van der Waals surface area contributed by atoms with E-state index in [1.807, 2.05) is 0 Å². The molecule has 17 nitrogen and oxygen atoms in total. The number of carbonyl (C=O) groups is 5. The van der Waals surface area contributed by atoms with E-state index >= 15 is 0 Å². The number of methoxy groups -OCH3 is 2. The van der Waals surface area contributed by atoms with Crippen molar-refractivity contribution in [3.05, 3.63) is 35.5 Å². The number of hydrogen-bond donors (Lipinski definition) is 4. The van der Waals surface area contributed by atoms with Gasteiger partial charge < -0.3 is 58.3 Å². The van der Waals surface area contributed by atoms with E-state index < -0.39 is 119 Å². The van der Waals surface area contributed by atoms with Gasteiger partial charge in [-0.05, 0) is 52.5 Å². The third kappa shape index (κ3) is 12.1. The number of esters is 5. The fourth-order valence-corrected chi connectivity index (χ4v) is 8.21. The Morgan fingerprint density at radius 2 is 1.51 bits per heavy atom. The van der Waals surface area contributed by atoms with Crippen molar-refractivity contribution in [2.24, 2.45) is 16.2 Å². The molecule has 0 unspecified atom stereocenters. The van der Waals surface area contributed by atoms with E-state index in [2.05, 4.69) is 0 Å². The van der Waals surface area contributed by atoms with Crippen LogP contribution in [0.3, 0.4) is 0 Å². The summed E-state index contributed by atoms with van der Waals surface area (Å²) in [5.74, 6) is -8.10. The summed E-state index contributed by atoms with van der Waals surface area (Å²) in [6, 6.07) is 0. The molecule has 0 aromatic carbocycles. The van der Waals surface area contributed by atoms with Gasteiger partial charge in [0.15, 0.2) is 11.9 Å². The molecule has 4 N–H and O–H groups in total. The van der Waals surface area contributed by atoms with Crippen molar-refractivity contribution in [2.75, 3.05) is 14.2 Å². The zero-order chi connectivity index (χ0) is 45.9. The summed E-state index contributed by atoms with van der Waals surface area (Å²) in [7, 11) is 2.40. The van der Waals surface area contributed by atoms with Crippen LogP contribution < -0.4 is 0 Å². The molecule has 4 rings (SSSR count). The van der Waals surface area contributed by atoms with Crippen molar-refractivity contribution >= 4 is 29.8 Å². The molecule has 4 aliphatic rings. The molecule has 0 radical (unpaired) electrons. The fraction of sp³-hybridized carbons (Fsp3) is 0.750. The summed E-state index contributed by atoms with van der Waals surface area (Å²) in [5, 5.41) is 47.4. The van der Waals surface area contributed by atoms with Crippen molar-refractivity contribution < 1.29 is 82.3 Å². The van der Waals surface area contributed by atoms with Crippen molar-refractivity contribution in [2.45, 2.75) is 180 Å². The number of carbonyl (C=O) groups excluding carboxylic acids is 5. The molecule has 11 atom stereocenters. The highest BCUT2D eigenvalue weighted by Gasteiger charge is 2.60. The quantitative estimate of drug-likeness (QED) is 0.134. The molecule has 0 amide bonds. The molecule has 17 heteroatoms. The molecule has 4 heterocycles. The number of aliphatic hydroxyl groups is 4. The van der Waals surface area contributed by atoms with E-state index in [0.29, 0.717) is 5.57 Å². The van der Waals surface area contributed by atoms with Gasteiger partial charge >= 0.3 is 29.8 Å². The molecule has 4 aliphatic heterocycles. The predicted molar refractivity (Wildman–Crippen MR) is 215 cm³/mol. The van der Waals surface area contributed by atoms with Gasteiger partial charge in [0, 0.05) is 50.2 Å². The van der Waals surface area contributed by atoms with Gasteiger partial charge in [-0.3, -0.25) is 14.4 Å². The van der Waals surface area contributed by atoms with E-state index in [0.717, 1.165) is 20.1 Å². The van der Waals surface area contributed by atoms with Crippen LogP contribution in [0, 0.1) is 16.2 Å². The Bertz CT molecular complexity index is 1720. The van der Waals surface area contributed by atoms with Crippen LogP contribution in [0.15, 0.2) is 35.5 Å². The largest absolute Gasteiger partial charge is 0.466 e. The average Bonchev–Trinajstić information content (AvgIpc) is 3.12. The minimum absolute atomic E-state index is 0.0662. The van der Waals surface area contributed by atoms with Crippen LogP contribution in [0.5, 0.6) is 0 Å². The SMILES string of the molecule is COC(=O)/C=C1/C[C@H]2C[C@]3(O)O[C@H](C[C@@H](O)CC(=O)O[C@@H]([C@@H](C)O)C[C@@H]4C/C(=C\C(=O)OC)[C@H](OC(C)=O)[C@@](O)(O4)C(C)(C)/C=C/[C@@H](C1)O2)C[C@H](OC(=O)C(C)(C)C)C3(C)C. The summed E-state index contributed by atoms with van der Waals surface area (Å²) in [6.45, 7) is 14.2. The van der Waals surface area contributed by atoms with E-state index in [9.17, 15) is 44.4 Å². The van der Waals surface area contributed by atoms with Crippen LogP contribution in [-0.4, -0.2) is 131 Å². The van der Waals surface area contributed by atoms with Crippen LogP contribution in [0.2, 0.25) is 0 Å². The molecular weight excluding hydrogens is 800 g/mol. The van der Waals surface area contributed by atoms with Gasteiger partial charge in [0.05, 0.1) is 68.1 Å². The fourth-order valence-electron chi connectivity index (χ4n) is 8.21. The predicted octanol–water partition coefficient (Wildman–Crippen LogP) is 3.41. The van der Waals surface area contributed by atoms with E-state index in [4.69, 9.17) is 37.9 Å². The third-order valence-electron chi connectivity index (χ3n) is 12.1. The number of fused-ring (bicyclic) bond motifs is 6. The molecule has 0 saturated carbocycles. The lowest BCUT2D eigenvalue weighted by Crippen LogP contribution is -2.62. The molecule has 0 aliphatic carbocycles. The maximum atomic E-state index is 13.4. The summed E-state index contributed by atoms with van der Waals surface area (Å²) < 4.78 is 46.6. The average molecular weight is 867 g/mol. The van der Waals surface area contributed by atoms with Crippen molar-refractivity contribution in [1.29, 1.82) is 0 Å². The Morgan fingerprint density at radius 3 is 2.10 bits per heavy atom. The van der Waals surface area contributed by atoms with Gasteiger partial charge in [0.2, 0.25) is 5.79 Å². The summed E-state index contributed by atoms with van der Waals surface area (Å²) >= 11 is 0. The Balaban J connectivity index is 1.89. The first-order valence-electron chi connectivity index (χ1n) is 20.8. The summed E-state index contributed by atoms with van der Waals surface area (Å²) in [4.78, 5) is 64.5. The Kier molecular flexibility index (Phi) is 15.8. The maximum absolute atomic E-state index is 13.4. The Hall–Kier alpha value is -3.71. The lowest BCUT2D eigenvalue weighted by molar-refractivity contribution is -0.349. The molecule has 3 saturated heterocycles. The van der Waals surface area contributed by atoms with Gasteiger partial charge in [-0.2, -0.15) is 0 Å². The van der Waals surface area contributed by atoms with Crippen molar-refractivity contribution in [1.82, 2.24) is 0 Å². The Morgan fingerprint density at radius 1 is 0.869 bits per heavy atom. The monoisotopic (exact) mass is 866 g/mol. The minimum Gasteiger partial charge on any atom is -0.466 e. The van der Waals surface area contributed by atoms with E-state index in [-0.39, 0.29) is 50.5 Å². The van der Waals surface area contributed by atoms with Gasteiger partial charge in [0.25, 0.3) is 0 Å². The zero-order valence-corrected chi connectivity index (χ0v) is 37.3. The van der Waals surface area contributed by atoms with Gasteiger partial charge in [-0.15, -0.1) is 0 Å². The van der Waals surface area contributed by atoms with Crippen molar-refractivity contribution in [3.63, 3.8) is 0 Å². The number of hydrogen-bond acceptors (Lipinski definition) is 17. The highest BCUT2D eigenvalue weighted by Crippen LogP contribution is 2.50. The van der Waals surface area contributed by atoms with Crippen LogP contribution in [0.25, 0.3) is 0 Å². The summed E-state index contributed by atoms with van der Waals surface area (Å²) in [5.41, 5.74) is -2.91. The van der Waals surface area contributed by atoms with Crippen molar-refractivity contribution in [3.8, 4) is 0 Å². The first kappa shape index (κ1) is 49.9. The lowest BCUT2D eigenvalue weighted by Gasteiger charge is -2.54. The highest BCUT2D eigenvalue weighted by atomic mass is 16.7. The second-order valence-electron chi connectivity index (χ2n) is 18.9. The molecule has 0 aromatic heterocycles. The first-order chi connectivity index (χ1) is 28.1. The smallest absolute Gasteiger partial charge is 0.330 e. The Labute approximate surface area is 357 Å². The molecule has 6 bridgehead atoms. The number of ether oxygens (including phenoxy) is 8. The standard InChI is InChI=1S/C44H66O17/c1-24(45)33-21-30-17-27(18-36(49)55-11)38(56-25(2)46)44(53,61-30)41(6,7)13-12-29-14-26(16-35(48)54-10)15-32(57-29)23-43(52)42(8,9)34(59-39(51)40(3,4)5)22-31(60-43)19-28(47)20-37(50)58-33/h12-13,16,18,24,28-34,38,45,47,52-53H,14-15,17,19-23H2,1-11H3/b13-12+,26-16+,27-18+/t24-,28-,29+,30+,31-,32+,33-,34+,38+,43+,44-/m1/s1. The number of rotatable bonds is 5. The number of aliphatic hydroxyl groups excluding tert-OH is 2. The van der Waals surface area contributed by atoms with Gasteiger partial charge in [-0.1, -0.05) is 45.4 Å². The minimum atomic E-state index is -2.41. The third-order valence-corrected chi connectivity index (χ3v) is 12.1. The summed E-state index contributed by atoms with van der Waals surface area (Å²) in [6.07, 6.45) is -5.17. The highest BCUT2D eigenvalue weighted by molar-refractivity contribution is 5.83. The first-order valence-corrected chi connectivity index (χ1v) is 20.8. The van der Waals surface area contributed by atoms with Gasteiger partial charge in [0.1, 0.15) is 12.2 Å². The van der Waals surface area contributed by atoms with Crippen LogP contribution in [-0.2, 0) is 61.9 Å². The molecule has 0 aromatic rings. The van der Waals surface area contributed by atoms with Crippen LogP contribution in [0.1, 0.15) is 114 Å². The van der Waals surface area contributed by atoms with E-state index in [1.165, 1.54) is 20.1 Å². The molecule has 3 fully saturated rings. The second kappa shape index (κ2) is 19.4. The topological polar surface area (TPSA) is 240 Å². The number of cyclic esters (lactones) is 1. The zero-order valence-electron chi connectivity index (χ0n) is 37.3. The normalized spacial score (nSPS) is 37.0. The van der Waals surface area contributed by atoms with Crippen LogP contribution >= 0.6 is 0 Å². The van der Waals surface area contributed by atoms with E-state index in [1.54, 1.807) is 60.6 Å². The van der Waals surface area contributed by atoms with Gasteiger partial charge in [-0.25, -0.2) is 9.59 Å². The second-order valence-corrected chi connectivity index (χ2v) is 18.9. The molecule has 0 spiro atoms. The van der Waals surface area contributed by atoms with Crippen LogP contribution in [0.4, 0.5) is 0 Å².